The predicted molar refractivity (Wildman–Crippen MR) is 117 cm³/mol. The van der Waals surface area contributed by atoms with Gasteiger partial charge in [-0.3, -0.25) is 19.3 Å². The molecule has 5 N–H and O–H groups in total. The quantitative estimate of drug-likeness (QED) is 0.594. The molecule has 0 bridgehead atoms. The second kappa shape index (κ2) is 9.71. The van der Waals surface area contributed by atoms with Gasteiger partial charge in [-0.2, -0.15) is 4.37 Å². The summed E-state index contributed by atoms with van der Waals surface area (Å²) in [6.45, 7) is 1.97. The van der Waals surface area contributed by atoms with Crippen LogP contribution in [-0.4, -0.2) is 34.2 Å². The Morgan fingerprint density at radius 1 is 1.23 bits per heavy atom. The third-order valence-electron chi connectivity index (χ3n) is 5.29. The van der Waals surface area contributed by atoms with Crippen LogP contribution in [0.1, 0.15) is 65.6 Å². The van der Waals surface area contributed by atoms with E-state index in [1.807, 2.05) is 13.0 Å². The molecule has 1 aromatic carbocycles. The zero-order valence-electron chi connectivity index (χ0n) is 17.0. The van der Waals surface area contributed by atoms with E-state index < -0.39 is 17.9 Å². The summed E-state index contributed by atoms with van der Waals surface area (Å²) in [7, 11) is 0. The van der Waals surface area contributed by atoms with E-state index in [-0.39, 0.29) is 28.2 Å². The van der Waals surface area contributed by atoms with Crippen molar-refractivity contribution in [1.82, 2.24) is 9.69 Å². The zero-order chi connectivity index (χ0) is 21.7. The average molecular weight is 430 g/mol. The first-order valence-corrected chi connectivity index (χ1v) is 10.9. The van der Waals surface area contributed by atoms with Gasteiger partial charge >= 0.3 is 0 Å². The van der Waals surface area contributed by atoms with Gasteiger partial charge in [0.1, 0.15) is 10.9 Å². The Morgan fingerprint density at radius 2 is 1.90 bits per heavy atom. The standard InChI is InChI=1S/C21H27N5O3S/c1-2-8-15(20(28)24-13-9-6-7-10-13)26(14-11-4-3-5-12-14)21(29)18-16(22)17(19(23)27)25-30-18/h3-5,11-13,15H,2,6-10,22H2,1H3,(H2,23,27)(H,24,28)/t15-/m1/s1. The Balaban J connectivity index is 1.99. The molecule has 1 aliphatic rings. The van der Waals surface area contributed by atoms with Gasteiger partial charge in [-0.05, 0) is 42.9 Å². The lowest BCUT2D eigenvalue weighted by molar-refractivity contribution is -0.123. The van der Waals surface area contributed by atoms with E-state index in [2.05, 4.69) is 9.69 Å². The number of para-hydroxylation sites is 1. The first-order valence-electron chi connectivity index (χ1n) is 10.2. The molecule has 3 rings (SSSR count). The van der Waals surface area contributed by atoms with E-state index in [1.54, 1.807) is 24.3 Å². The van der Waals surface area contributed by atoms with Crippen molar-refractivity contribution in [1.29, 1.82) is 0 Å². The second-order valence-electron chi connectivity index (χ2n) is 7.44. The van der Waals surface area contributed by atoms with Gasteiger partial charge in [-0.15, -0.1) is 0 Å². The van der Waals surface area contributed by atoms with Crippen molar-refractivity contribution < 1.29 is 14.4 Å². The molecule has 1 saturated carbocycles. The molecule has 8 nitrogen and oxygen atoms in total. The number of benzene rings is 1. The molecule has 1 atom stereocenters. The number of nitrogens with zero attached hydrogens (tertiary/aromatic N) is 2. The van der Waals surface area contributed by atoms with Crippen molar-refractivity contribution in [2.75, 3.05) is 10.6 Å². The van der Waals surface area contributed by atoms with E-state index in [9.17, 15) is 14.4 Å². The highest BCUT2D eigenvalue weighted by Crippen LogP contribution is 2.29. The van der Waals surface area contributed by atoms with Gasteiger partial charge in [0.15, 0.2) is 5.69 Å². The topological polar surface area (TPSA) is 131 Å². The van der Waals surface area contributed by atoms with E-state index >= 15 is 0 Å². The number of hydrogen-bond acceptors (Lipinski definition) is 6. The van der Waals surface area contributed by atoms with Crippen molar-refractivity contribution in [3.8, 4) is 0 Å². The number of anilines is 2. The first kappa shape index (κ1) is 21.8. The van der Waals surface area contributed by atoms with Crippen LogP contribution in [0.4, 0.5) is 11.4 Å². The van der Waals surface area contributed by atoms with Gasteiger partial charge < -0.3 is 16.8 Å². The summed E-state index contributed by atoms with van der Waals surface area (Å²) in [6.07, 6.45) is 5.29. The molecule has 0 spiro atoms. The number of nitrogens with one attached hydrogen (secondary N) is 1. The summed E-state index contributed by atoms with van der Waals surface area (Å²) in [6, 6.07) is 8.43. The normalized spacial score (nSPS) is 15.0. The predicted octanol–water partition coefficient (Wildman–Crippen LogP) is 2.70. The molecule has 0 saturated heterocycles. The Morgan fingerprint density at radius 3 is 2.47 bits per heavy atom. The van der Waals surface area contributed by atoms with Gasteiger partial charge in [0, 0.05) is 11.7 Å². The van der Waals surface area contributed by atoms with Crippen molar-refractivity contribution in [3.63, 3.8) is 0 Å². The fourth-order valence-electron chi connectivity index (χ4n) is 3.78. The van der Waals surface area contributed by atoms with Crippen LogP contribution >= 0.6 is 11.5 Å². The van der Waals surface area contributed by atoms with E-state index in [4.69, 9.17) is 11.5 Å². The summed E-state index contributed by atoms with van der Waals surface area (Å²) < 4.78 is 3.94. The first-order chi connectivity index (χ1) is 14.4. The third-order valence-corrected chi connectivity index (χ3v) is 6.14. The molecule has 1 heterocycles. The van der Waals surface area contributed by atoms with Gasteiger partial charge in [-0.25, -0.2) is 0 Å². The molecule has 0 unspecified atom stereocenters. The molecule has 0 radical (unpaired) electrons. The minimum atomic E-state index is -0.793. The number of aromatic nitrogens is 1. The Bertz CT molecular complexity index is 909. The second-order valence-corrected chi connectivity index (χ2v) is 8.22. The zero-order valence-corrected chi connectivity index (χ0v) is 17.8. The molecule has 30 heavy (non-hydrogen) atoms. The summed E-state index contributed by atoms with van der Waals surface area (Å²) in [4.78, 5) is 39.9. The molecular formula is C21H27N5O3S. The van der Waals surface area contributed by atoms with E-state index in [0.717, 1.165) is 37.2 Å². The van der Waals surface area contributed by atoms with Crippen LogP contribution in [-0.2, 0) is 4.79 Å². The fraction of sp³-hybridized carbons (Fsp3) is 0.429. The molecule has 1 fully saturated rings. The SMILES string of the molecule is CCC[C@H](C(=O)NC1CCCC1)N(C(=O)c1snc(C(N)=O)c1N)c1ccccc1. The summed E-state index contributed by atoms with van der Waals surface area (Å²) in [5.41, 5.74) is 11.7. The highest BCUT2D eigenvalue weighted by atomic mass is 32.1. The number of hydrogen-bond donors (Lipinski definition) is 3. The molecule has 3 amide bonds. The number of carbonyl (C=O) groups excluding carboxylic acids is 3. The van der Waals surface area contributed by atoms with Crippen LogP contribution < -0.4 is 21.7 Å². The van der Waals surface area contributed by atoms with Gasteiger partial charge in [0.25, 0.3) is 11.8 Å². The van der Waals surface area contributed by atoms with Gasteiger partial charge in [0.2, 0.25) is 5.91 Å². The summed E-state index contributed by atoms with van der Waals surface area (Å²) in [5, 5.41) is 3.11. The maximum absolute atomic E-state index is 13.5. The van der Waals surface area contributed by atoms with Crippen molar-refractivity contribution >= 4 is 40.6 Å². The molecule has 9 heteroatoms. The van der Waals surface area contributed by atoms with Crippen molar-refractivity contribution in [3.05, 3.63) is 40.9 Å². The number of carbonyl (C=O) groups is 3. The molecule has 2 aromatic rings. The highest BCUT2D eigenvalue weighted by Gasteiger charge is 2.35. The number of amides is 3. The number of rotatable bonds is 8. The molecular weight excluding hydrogens is 402 g/mol. The Hall–Kier alpha value is -2.94. The Labute approximate surface area is 179 Å². The van der Waals surface area contributed by atoms with Crippen LogP contribution in [0.5, 0.6) is 0 Å². The minimum absolute atomic E-state index is 0.0510. The number of nitrogens with two attached hydrogens (primary N) is 2. The Kier molecular flexibility index (Phi) is 7.04. The van der Waals surface area contributed by atoms with Gasteiger partial charge in [0.05, 0.1) is 5.69 Å². The maximum atomic E-state index is 13.5. The largest absolute Gasteiger partial charge is 0.395 e. The number of nitrogen functional groups attached to an aromatic ring is 1. The third kappa shape index (κ3) is 4.62. The lowest BCUT2D eigenvalue weighted by atomic mass is 10.1. The van der Waals surface area contributed by atoms with Crippen molar-refractivity contribution in [2.24, 2.45) is 5.73 Å². The molecule has 1 aliphatic carbocycles. The highest BCUT2D eigenvalue weighted by molar-refractivity contribution is 7.09. The smallest absolute Gasteiger partial charge is 0.272 e. The average Bonchev–Trinajstić information content (AvgIpc) is 3.37. The maximum Gasteiger partial charge on any atom is 0.272 e. The van der Waals surface area contributed by atoms with Crippen LogP contribution in [0.2, 0.25) is 0 Å². The monoisotopic (exact) mass is 429 g/mol. The van der Waals surface area contributed by atoms with Crippen LogP contribution in [0.15, 0.2) is 30.3 Å². The summed E-state index contributed by atoms with van der Waals surface area (Å²) >= 11 is 0.817. The number of primary amides is 1. The van der Waals surface area contributed by atoms with Crippen molar-refractivity contribution in [2.45, 2.75) is 57.5 Å². The lowest BCUT2D eigenvalue weighted by Gasteiger charge is -2.31. The van der Waals surface area contributed by atoms with E-state index in [0.29, 0.717) is 18.5 Å². The minimum Gasteiger partial charge on any atom is -0.395 e. The lowest BCUT2D eigenvalue weighted by Crippen LogP contribution is -2.51. The van der Waals surface area contributed by atoms with Crippen LogP contribution in [0.25, 0.3) is 0 Å². The molecule has 0 aliphatic heterocycles. The van der Waals surface area contributed by atoms with Gasteiger partial charge in [-0.1, -0.05) is 44.4 Å². The van der Waals surface area contributed by atoms with E-state index in [1.165, 1.54) is 4.90 Å². The molecule has 160 valence electrons. The molecule has 1 aromatic heterocycles. The fourth-order valence-corrected chi connectivity index (χ4v) is 4.53. The summed E-state index contributed by atoms with van der Waals surface area (Å²) in [5.74, 6) is -1.44. The van der Waals surface area contributed by atoms with Crippen LogP contribution in [0.3, 0.4) is 0 Å². The van der Waals surface area contributed by atoms with Crippen LogP contribution in [0, 0.1) is 0 Å².